The summed E-state index contributed by atoms with van der Waals surface area (Å²) in [7, 11) is 0. The molecule has 0 amide bonds. The Morgan fingerprint density at radius 3 is 2.00 bits per heavy atom. The van der Waals surface area contributed by atoms with Gasteiger partial charge in [0.25, 0.3) is 0 Å². The van der Waals surface area contributed by atoms with Crippen LogP contribution in [0, 0.1) is 17.5 Å². The lowest BCUT2D eigenvalue weighted by molar-refractivity contribution is -0.136. The number of hydrogen-bond acceptors (Lipinski definition) is 1. The molecule has 19 heavy (non-hydrogen) atoms. The van der Waals surface area contributed by atoms with E-state index in [-0.39, 0.29) is 5.56 Å². The Hall–Kier alpha value is -2.30. The number of benzene rings is 2. The molecule has 0 aliphatic carbocycles. The molecule has 0 fully saturated rings. The molecule has 0 saturated heterocycles. The smallest absolute Gasteiger partial charge is 0.307 e. The van der Waals surface area contributed by atoms with Gasteiger partial charge in [-0.15, -0.1) is 0 Å². The molecular weight excluding hydrogens is 257 g/mol. The topological polar surface area (TPSA) is 37.3 Å². The van der Waals surface area contributed by atoms with Crippen molar-refractivity contribution >= 4 is 5.97 Å². The molecule has 2 aromatic carbocycles. The van der Waals surface area contributed by atoms with Crippen molar-refractivity contribution in [3.05, 3.63) is 59.4 Å². The fourth-order valence-corrected chi connectivity index (χ4v) is 1.71. The molecule has 2 aromatic rings. The molecule has 0 saturated carbocycles. The average molecular weight is 266 g/mol. The van der Waals surface area contributed by atoms with E-state index in [9.17, 15) is 18.0 Å². The molecule has 0 bridgehead atoms. The van der Waals surface area contributed by atoms with Gasteiger partial charge in [-0.25, -0.2) is 13.2 Å². The van der Waals surface area contributed by atoms with Gasteiger partial charge in [0.2, 0.25) is 0 Å². The Kier molecular flexibility index (Phi) is 3.55. The molecule has 98 valence electrons. The fourth-order valence-electron chi connectivity index (χ4n) is 1.71. The summed E-state index contributed by atoms with van der Waals surface area (Å²) in [4.78, 5) is 10.5. The zero-order valence-electron chi connectivity index (χ0n) is 9.66. The van der Waals surface area contributed by atoms with Gasteiger partial charge in [-0.1, -0.05) is 18.2 Å². The Morgan fingerprint density at radius 1 is 0.895 bits per heavy atom. The molecule has 0 aromatic heterocycles. The second kappa shape index (κ2) is 5.14. The van der Waals surface area contributed by atoms with Gasteiger partial charge in [-0.2, -0.15) is 0 Å². The number of rotatable bonds is 3. The van der Waals surface area contributed by atoms with Crippen LogP contribution in [0.4, 0.5) is 13.2 Å². The molecule has 0 heterocycles. The van der Waals surface area contributed by atoms with Crippen LogP contribution in [-0.4, -0.2) is 11.1 Å². The van der Waals surface area contributed by atoms with Crippen molar-refractivity contribution in [2.24, 2.45) is 0 Å². The second-order valence-electron chi connectivity index (χ2n) is 4.01. The molecule has 0 unspecified atom stereocenters. The van der Waals surface area contributed by atoms with Crippen LogP contribution in [-0.2, 0) is 11.2 Å². The zero-order valence-corrected chi connectivity index (χ0v) is 9.66. The van der Waals surface area contributed by atoms with E-state index >= 15 is 0 Å². The summed E-state index contributed by atoms with van der Waals surface area (Å²) in [6.07, 6.45) is -0.427. The number of carbonyl (C=O) groups is 1. The summed E-state index contributed by atoms with van der Waals surface area (Å²) in [6.45, 7) is 0. The van der Waals surface area contributed by atoms with Gasteiger partial charge in [-0.3, -0.25) is 4.79 Å². The van der Waals surface area contributed by atoms with E-state index in [1.165, 1.54) is 18.2 Å². The highest BCUT2D eigenvalue weighted by molar-refractivity contribution is 5.71. The van der Waals surface area contributed by atoms with Crippen LogP contribution in [0.1, 0.15) is 5.56 Å². The van der Waals surface area contributed by atoms with Crippen molar-refractivity contribution in [3.8, 4) is 11.1 Å². The molecule has 0 spiro atoms. The lowest BCUT2D eigenvalue weighted by atomic mass is 10.0. The Labute approximate surface area is 107 Å². The van der Waals surface area contributed by atoms with Crippen molar-refractivity contribution in [1.82, 2.24) is 0 Å². The van der Waals surface area contributed by atoms with Gasteiger partial charge >= 0.3 is 5.97 Å². The van der Waals surface area contributed by atoms with E-state index < -0.39 is 29.8 Å². The van der Waals surface area contributed by atoms with Gasteiger partial charge in [0.05, 0.1) is 6.42 Å². The number of halogens is 3. The maximum atomic E-state index is 13.6. The van der Waals surface area contributed by atoms with Crippen LogP contribution in [0.25, 0.3) is 11.1 Å². The van der Waals surface area contributed by atoms with Crippen molar-refractivity contribution in [1.29, 1.82) is 0 Å². The number of carboxylic acids is 1. The molecule has 0 atom stereocenters. The first-order valence-electron chi connectivity index (χ1n) is 5.43. The van der Waals surface area contributed by atoms with E-state index in [1.807, 2.05) is 0 Å². The summed E-state index contributed by atoms with van der Waals surface area (Å²) in [6, 6.07) is 7.12. The molecular formula is C14H9F3O2. The Balaban J connectivity index is 2.38. The number of aliphatic carboxylic acids is 1. The van der Waals surface area contributed by atoms with Crippen LogP contribution in [0.5, 0.6) is 0 Å². The highest BCUT2D eigenvalue weighted by atomic mass is 19.2. The maximum Gasteiger partial charge on any atom is 0.307 e. The highest BCUT2D eigenvalue weighted by Crippen LogP contribution is 2.24. The van der Waals surface area contributed by atoms with Crippen molar-refractivity contribution < 1.29 is 23.1 Å². The van der Waals surface area contributed by atoms with Gasteiger partial charge in [0.1, 0.15) is 5.82 Å². The van der Waals surface area contributed by atoms with Crippen molar-refractivity contribution in [3.63, 3.8) is 0 Å². The third-order valence-electron chi connectivity index (χ3n) is 2.65. The van der Waals surface area contributed by atoms with E-state index in [0.717, 1.165) is 18.2 Å². The minimum absolute atomic E-state index is 0.0406. The minimum atomic E-state index is -1.14. The third kappa shape index (κ3) is 2.93. The molecule has 0 radical (unpaired) electrons. The van der Waals surface area contributed by atoms with Gasteiger partial charge in [0.15, 0.2) is 11.6 Å². The normalized spacial score (nSPS) is 10.5. The second-order valence-corrected chi connectivity index (χ2v) is 4.01. The standard InChI is InChI=1S/C14H9F3O2/c15-11-4-3-9(6-13(11)17)8-1-2-10(7-14(18)19)12(16)5-8/h1-6H,7H2,(H,18,19). The monoisotopic (exact) mass is 266 g/mol. The third-order valence-corrected chi connectivity index (χ3v) is 2.65. The van der Waals surface area contributed by atoms with Crippen molar-refractivity contribution in [2.75, 3.05) is 0 Å². The van der Waals surface area contributed by atoms with E-state index in [0.29, 0.717) is 11.1 Å². The van der Waals surface area contributed by atoms with Crippen LogP contribution in [0.2, 0.25) is 0 Å². The predicted molar refractivity (Wildman–Crippen MR) is 63.1 cm³/mol. The SMILES string of the molecule is O=C(O)Cc1ccc(-c2ccc(F)c(F)c2)cc1F. The highest BCUT2D eigenvalue weighted by Gasteiger charge is 2.10. The predicted octanol–water partition coefficient (Wildman–Crippen LogP) is 3.40. The maximum absolute atomic E-state index is 13.6. The average Bonchev–Trinajstić information content (AvgIpc) is 2.35. The molecule has 5 heteroatoms. The summed E-state index contributed by atoms with van der Waals surface area (Å²) in [5, 5.41) is 8.59. The molecule has 2 nitrogen and oxygen atoms in total. The largest absolute Gasteiger partial charge is 0.481 e. The van der Waals surface area contributed by atoms with Crippen LogP contribution in [0.3, 0.4) is 0 Å². The summed E-state index contributed by atoms with van der Waals surface area (Å²) < 4.78 is 39.5. The first-order chi connectivity index (χ1) is 8.97. The quantitative estimate of drug-likeness (QED) is 0.924. The lowest BCUT2D eigenvalue weighted by Crippen LogP contribution is -2.02. The number of hydrogen-bond donors (Lipinski definition) is 1. The summed E-state index contributed by atoms with van der Waals surface area (Å²) in [5.74, 6) is -3.83. The van der Waals surface area contributed by atoms with E-state index in [1.54, 1.807) is 0 Å². The molecule has 1 N–H and O–H groups in total. The lowest BCUT2D eigenvalue weighted by Gasteiger charge is -2.05. The van der Waals surface area contributed by atoms with Crippen molar-refractivity contribution in [2.45, 2.75) is 6.42 Å². The minimum Gasteiger partial charge on any atom is -0.481 e. The van der Waals surface area contributed by atoms with Gasteiger partial charge in [-0.05, 0) is 34.9 Å². The first-order valence-corrected chi connectivity index (χ1v) is 5.43. The molecule has 0 aliphatic rings. The summed E-state index contributed by atoms with van der Waals surface area (Å²) in [5.41, 5.74) is 0.712. The zero-order chi connectivity index (χ0) is 14.0. The Morgan fingerprint density at radius 2 is 1.47 bits per heavy atom. The molecule has 0 aliphatic heterocycles. The summed E-state index contributed by atoms with van der Waals surface area (Å²) >= 11 is 0. The first kappa shape index (κ1) is 13.1. The van der Waals surface area contributed by atoms with E-state index in [2.05, 4.69) is 0 Å². The van der Waals surface area contributed by atoms with E-state index in [4.69, 9.17) is 5.11 Å². The van der Waals surface area contributed by atoms with Gasteiger partial charge in [0, 0.05) is 0 Å². The molecule has 2 rings (SSSR count). The van der Waals surface area contributed by atoms with Crippen LogP contribution in [0.15, 0.2) is 36.4 Å². The van der Waals surface area contributed by atoms with Crippen LogP contribution < -0.4 is 0 Å². The Bertz CT molecular complexity index is 639. The number of carboxylic acid groups (broad SMARTS) is 1. The van der Waals surface area contributed by atoms with Gasteiger partial charge < -0.3 is 5.11 Å². The van der Waals surface area contributed by atoms with Crippen LogP contribution >= 0.6 is 0 Å². The fraction of sp³-hybridized carbons (Fsp3) is 0.0714.